The number of ketones is 1. The zero-order valence-electron chi connectivity index (χ0n) is 18.5. The number of fused-ring (bicyclic) bond motifs is 1. The fourth-order valence-corrected chi connectivity index (χ4v) is 4.04. The van der Waals surface area contributed by atoms with Crippen LogP contribution in [0.5, 0.6) is 0 Å². The van der Waals surface area contributed by atoms with E-state index in [0.29, 0.717) is 23.2 Å². The molecule has 0 saturated carbocycles. The summed E-state index contributed by atoms with van der Waals surface area (Å²) in [6.07, 6.45) is 1.85. The average molecular weight is 440 g/mol. The zero-order chi connectivity index (χ0) is 23.4. The number of carbonyl (C=O) groups excluding carboxylic acids is 2. The molecule has 166 valence electrons. The first-order chi connectivity index (χ1) is 15.9. The summed E-state index contributed by atoms with van der Waals surface area (Å²) in [5.41, 5.74) is 5.18. The van der Waals surface area contributed by atoms with Crippen molar-refractivity contribution < 1.29 is 14.8 Å². The molecular formula is C27H25N3O3. The van der Waals surface area contributed by atoms with E-state index < -0.39 is 6.04 Å². The van der Waals surface area contributed by atoms with Gasteiger partial charge in [-0.3, -0.25) is 9.59 Å². The van der Waals surface area contributed by atoms with E-state index in [4.69, 9.17) is 0 Å². The van der Waals surface area contributed by atoms with E-state index in [1.807, 2.05) is 62.4 Å². The number of hydrogen-bond donors (Lipinski definition) is 3. The smallest absolute Gasteiger partial charge is 0.247 e. The Morgan fingerprint density at radius 1 is 0.939 bits per heavy atom. The van der Waals surface area contributed by atoms with Gasteiger partial charge in [0.1, 0.15) is 11.8 Å². The Morgan fingerprint density at radius 2 is 1.58 bits per heavy atom. The van der Waals surface area contributed by atoms with Gasteiger partial charge in [0.25, 0.3) is 0 Å². The normalized spacial score (nSPS) is 14.9. The highest BCUT2D eigenvalue weighted by atomic mass is 16.4. The van der Waals surface area contributed by atoms with Crippen molar-refractivity contribution in [2.75, 3.05) is 5.32 Å². The van der Waals surface area contributed by atoms with E-state index in [1.54, 1.807) is 24.3 Å². The lowest BCUT2D eigenvalue weighted by Gasteiger charge is -2.24. The molecule has 0 radical (unpaired) electrons. The lowest BCUT2D eigenvalue weighted by Crippen LogP contribution is -2.44. The lowest BCUT2D eigenvalue weighted by atomic mass is 9.91. The summed E-state index contributed by atoms with van der Waals surface area (Å²) in [5, 5.41) is 18.9. The molecule has 0 aliphatic heterocycles. The summed E-state index contributed by atoms with van der Waals surface area (Å²) in [6.45, 7) is 3.95. The fourth-order valence-electron chi connectivity index (χ4n) is 4.04. The van der Waals surface area contributed by atoms with Gasteiger partial charge in [-0.1, -0.05) is 65.8 Å². The van der Waals surface area contributed by atoms with Crippen molar-refractivity contribution in [1.29, 1.82) is 0 Å². The van der Waals surface area contributed by atoms with Crippen LogP contribution in [-0.2, 0) is 11.2 Å². The van der Waals surface area contributed by atoms with Crippen molar-refractivity contribution in [2.24, 2.45) is 5.16 Å². The third kappa shape index (κ3) is 5.01. The summed E-state index contributed by atoms with van der Waals surface area (Å²) in [4.78, 5) is 26.5. The fraction of sp³-hybridized carbons (Fsp3) is 0.148. The van der Waals surface area contributed by atoms with E-state index >= 15 is 0 Å². The zero-order valence-corrected chi connectivity index (χ0v) is 18.5. The van der Waals surface area contributed by atoms with Crippen LogP contribution in [-0.4, -0.2) is 28.7 Å². The molecule has 6 heteroatoms. The Kier molecular flexibility index (Phi) is 6.36. The molecule has 6 nitrogen and oxygen atoms in total. The first-order valence-corrected chi connectivity index (χ1v) is 10.7. The molecule has 0 heterocycles. The van der Waals surface area contributed by atoms with Crippen LogP contribution in [0.4, 0.5) is 5.69 Å². The minimum Gasteiger partial charge on any atom is -0.410 e. The number of allylic oxidation sites excluding steroid dienone is 2. The van der Waals surface area contributed by atoms with Gasteiger partial charge in [0.15, 0.2) is 0 Å². The van der Waals surface area contributed by atoms with Crippen molar-refractivity contribution in [1.82, 2.24) is 5.32 Å². The number of oxime groups is 1. The number of rotatable bonds is 6. The lowest BCUT2D eigenvalue weighted by molar-refractivity contribution is -0.117. The van der Waals surface area contributed by atoms with E-state index in [2.05, 4.69) is 15.8 Å². The van der Waals surface area contributed by atoms with Crippen molar-refractivity contribution in [3.05, 3.63) is 112 Å². The Balaban J connectivity index is 1.64. The third-order valence-electron chi connectivity index (χ3n) is 5.50. The van der Waals surface area contributed by atoms with Gasteiger partial charge in [-0.15, -0.1) is 0 Å². The summed E-state index contributed by atoms with van der Waals surface area (Å²) in [7, 11) is 0. The van der Waals surface area contributed by atoms with Crippen LogP contribution in [0.1, 0.15) is 32.6 Å². The second-order valence-corrected chi connectivity index (χ2v) is 8.17. The Hall–Kier alpha value is -4.19. The largest absolute Gasteiger partial charge is 0.410 e. The summed E-state index contributed by atoms with van der Waals surface area (Å²) in [6, 6.07) is 21.7. The molecule has 4 rings (SSSR count). The van der Waals surface area contributed by atoms with E-state index in [1.165, 1.54) is 6.08 Å². The van der Waals surface area contributed by atoms with E-state index in [-0.39, 0.29) is 23.1 Å². The van der Waals surface area contributed by atoms with E-state index in [9.17, 15) is 14.8 Å². The van der Waals surface area contributed by atoms with Crippen LogP contribution in [0.2, 0.25) is 0 Å². The summed E-state index contributed by atoms with van der Waals surface area (Å²) < 4.78 is 0. The number of benzene rings is 3. The molecule has 1 aliphatic rings. The maximum Gasteiger partial charge on any atom is 0.247 e. The van der Waals surface area contributed by atoms with Gasteiger partial charge in [0.05, 0.1) is 5.70 Å². The topological polar surface area (TPSA) is 90.8 Å². The first kappa shape index (κ1) is 22.0. The monoisotopic (exact) mass is 439 g/mol. The van der Waals surface area contributed by atoms with Crippen molar-refractivity contribution >= 4 is 23.1 Å². The number of amides is 1. The third-order valence-corrected chi connectivity index (χ3v) is 5.50. The second kappa shape index (κ2) is 9.53. The molecule has 3 N–H and O–H groups in total. The highest BCUT2D eigenvalue weighted by Crippen LogP contribution is 2.22. The molecule has 3 aromatic carbocycles. The average Bonchev–Trinajstić information content (AvgIpc) is 2.80. The van der Waals surface area contributed by atoms with Crippen LogP contribution in [0.25, 0.3) is 0 Å². The maximum absolute atomic E-state index is 13.3. The Labute approximate surface area is 192 Å². The molecule has 0 fully saturated rings. The Morgan fingerprint density at radius 3 is 2.24 bits per heavy atom. The molecule has 0 saturated heterocycles. The van der Waals surface area contributed by atoms with Crippen LogP contribution in [0, 0.1) is 13.8 Å². The minimum absolute atomic E-state index is 0.206. The maximum atomic E-state index is 13.3. The quantitative estimate of drug-likeness (QED) is 0.392. The van der Waals surface area contributed by atoms with Crippen molar-refractivity contribution in [2.45, 2.75) is 26.3 Å². The molecule has 1 atom stereocenters. The molecule has 1 amide bonds. The predicted octanol–water partition coefficient (Wildman–Crippen LogP) is 4.40. The van der Waals surface area contributed by atoms with Gasteiger partial charge >= 0.3 is 0 Å². The molecule has 0 aromatic heterocycles. The van der Waals surface area contributed by atoms with Gasteiger partial charge in [0.2, 0.25) is 11.7 Å². The standard InChI is InChI=1S/C27H25N3O3/c1-17-12-18(2)14-20(13-17)28-27(32)25(15-19-8-4-3-5-9-19)29-24-16-23(30-33)21-10-6-7-11-22(21)26(24)31/h3-14,16,25,29,33H,15H2,1-2H3,(H,28,32)/t25-/m1/s1. The number of carbonyl (C=O) groups is 2. The van der Waals surface area contributed by atoms with Crippen molar-refractivity contribution in [3.8, 4) is 0 Å². The van der Waals surface area contributed by atoms with Crippen LogP contribution < -0.4 is 10.6 Å². The van der Waals surface area contributed by atoms with Gasteiger partial charge in [-0.2, -0.15) is 0 Å². The minimum atomic E-state index is -0.728. The van der Waals surface area contributed by atoms with E-state index in [0.717, 1.165) is 16.7 Å². The van der Waals surface area contributed by atoms with Gasteiger partial charge in [-0.05, 0) is 48.7 Å². The number of anilines is 1. The second-order valence-electron chi connectivity index (χ2n) is 8.17. The molecule has 0 bridgehead atoms. The first-order valence-electron chi connectivity index (χ1n) is 10.7. The summed E-state index contributed by atoms with van der Waals surface area (Å²) in [5.74, 6) is -0.519. The number of aryl methyl sites for hydroxylation is 2. The highest BCUT2D eigenvalue weighted by molar-refractivity contribution is 6.26. The van der Waals surface area contributed by atoms with Crippen LogP contribution in [0.15, 0.2) is 89.7 Å². The molecule has 3 aromatic rings. The molecule has 1 aliphatic carbocycles. The molecule has 0 unspecified atom stereocenters. The molecule has 0 spiro atoms. The Bertz CT molecular complexity index is 1240. The predicted molar refractivity (Wildman–Crippen MR) is 129 cm³/mol. The molecule has 33 heavy (non-hydrogen) atoms. The summed E-state index contributed by atoms with van der Waals surface area (Å²) >= 11 is 0. The van der Waals surface area contributed by atoms with Gasteiger partial charge in [0, 0.05) is 23.2 Å². The van der Waals surface area contributed by atoms with Crippen LogP contribution >= 0.6 is 0 Å². The van der Waals surface area contributed by atoms with Crippen LogP contribution in [0.3, 0.4) is 0 Å². The number of hydrogen-bond acceptors (Lipinski definition) is 5. The van der Waals surface area contributed by atoms with Gasteiger partial charge in [-0.25, -0.2) is 0 Å². The molecular weight excluding hydrogens is 414 g/mol. The van der Waals surface area contributed by atoms with Gasteiger partial charge < -0.3 is 15.8 Å². The number of nitrogens with zero attached hydrogens (tertiary/aromatic N) is 1. The SMILES string of the molecule is Cc1cc(C)cc(NC(=O)[C@@H](Cc2ccccc2)NC2=CC(=NO)c3ccccc3C2=O)c1. The number of Topliss-reactive ketones (excluding diaryl/α,β-unsaturated/α-hetero) is 1. The van der Waals surface area contributed by atoms with Crippen molar-refractivity contribution in [3.63, 3.8) is 0 Å². The highest BCUT2D eigenvalue weighted by Gasteiger charge is 2.28. The number of nitrogens with one attached hydrogen (secondary N) is 2.